The topological polar surface area (TPSA) is 175 Å². The number of aliphatic carboxylic acids is 1. The van der Waals surface area contributed by atoms with Gasteiger partial charge in [0.15, 0.2) is 5.78 Å². The number of aryl methyl sites for hydroxylation is 1. The molecule has 0 radical (unpaired) electrons. The fourth-order valence-corrected chi connectivity index (χ4v) is 6.58. The van der Waals surface area contributed by atoms with Crippen LogP contribution in [0.1, 0.15) is 69.9 Å². The third-order valence-corrected chi connectivity index (χ3v) is 9.83. The lowest BCUT2D eigenvalue weighted by molar-refractivity contribution is -0.137. The maximum atomic E-state index is 13.5. The SMILES string of the molecule is Cc1ccnc(NCCCC(=O)N[C@H](C(=O)C[C@@H](CC(=O)O)c2ccc(-c3ccc(OCCOCCOCCOCCOCCC(C)C)c4ccccc34)cc2)[C@@H](C)O)c1. The van der Waals surface area contributed by atoms with Crippen LogP contribution in [0.3, 0.4) is 0 Å². The number of rotatable bonds is 30. The Balaban J connectivity index is 1.25. The summed E-state index contributed by atoms with van der Waals surface area (Å²) in [4.78, 5) is 42.5. The van der Waals surface area contributed by atoms with Gasteiger partial charge in [-0.05, 0) is 78.4 Å². The first-order valence-electron chi connectivity index (χ1n) is 21.0. The summed E-state index contributed by atoms with van der Waals surface area (Å²) in [7, 11) is 0. The van der Waals surface area contributed by atoms with Gasteiger partial charge in [0.1, 0.15) is 24.2 Å². The van der Waals surface area contributed by atoms with E-state index in [0.29, 0.717) is 83.1 Å². The highest BCUT2D eigenvalue weighted by atomic mass is 16.6. The van der Waals surface area contributed by atoms with E-state index in [0.717, 1.165) is 46.2 Å². The second-order valence-electron chi connectivity index (χ2n) is 15.3. The molecule has 13 heteroatoms. The Kier molecular flexibility index (Phi) is 21.0. The van der Waals surface area contributed by atoms with Gasteiger partial charge in [0.25, 0.3) is 0 Å². The van der Waals surface area contributed by atoms with Crippen molar-refractivity contribution in [2.45, 2.75) is 77.9 Å². The number of aromatic nitrogens is 1. The number of nitrogens with zero attached hydrogens (tertiary/aromatic N) is 1. The number of aliphatic hydroxyl groups is 1. The van der Waals surface area contributed by atoms with Gasteiger partial charge >= 0.3 is 5.97 Å². The quantitative estimate of drug-likeness (QED) is 0.0398. The molecule has 1 heterocycles. The normalized spacial score (nSPS) is 12.9. The lowest BCUT2D eigenvalue weighted by atomic mass is 9.87. The number of pyridine rings is 1. The number of carbonyl (C=O) groups is 3. The van der Waals surface area contributed by atoms with Gasteiger partial charge < -0.3 is 44.5 Å². The van der Waals surface area contributed by atoms with Crippen molar-refractivity contribution in [3.05, 3.63) is 90.1 Å². The minimum atomic E-state index is -1.17. The first-order valence-corrected chi connectivity index (χ1v) is 21.0. The number of ketones is 1. The maximum Gasteiger partial charge on any atom is 0.303 e. The highest BCUT2D eigenvalue weighted by Gasteiger charge is 2.29. The summed E-state index contributed by atoms with van der Waals surface area (Å²) in [5, 5.41) is 28.0. The molecule has 4 N–H and O–H groups in total. The number of hydrogen-bond donors (Lipinski definition) is 4. The van der Waals surface area contributed by atoms with Gasteiger partial charge in [-0.3, -0.25) is 14.4 Å². The lowest BCUT2D eigenvalue weighted by Gasteiger charge is -2.23. The number of carboxylic acid groups (broad SMARTS) is 1. The molecular formula is C47H63N3O10. The van der Waals surface area contributed by atoms with E-state index < -0.39 is 29.8 Å². The molecule has 0 saturated heterocycles. The van der Waals surface area contributed by atoms with E-state index >= 15 is 0 Å². The van der Waals surface area contributed by atoms with Crippen LogP contribution in [0.4, 0.5) is 5.82 Å². The predicted octanol–water partition coefficient (Wildman–Crippen LogP) is 6.98. The molecule has 326 valence electrons. The van der Waals surface area contributed by atoms with E-state index in [1.807, 2.05) is 79.7 Å². The number of anilines is 1. The number of hydrogen-bond acceptors (Lipinski definition) is 11. The second-order valence-corrected chi connectivity index (χ2v) is 15.3. The molecule has 3 aromatic carbocycles. The summed E-state index contributed by atoms with van der Waals surface area (Å²) in [6, 6.07) is 22.0. The molecule has 0 aliphatic heterocycles. The van der Waals surface area contributed by atoms with Crippen LogP contribution in [0.25, 0.3) is 21.9 Å². The van der Waals surface area contributed by atoms with E-state index in [1.54, 1.807) is 6.20 Å². The molecule has 0 unspecified atom stereocenters. The van der Waals surface area contributed by atoms with Gasteiger partial charge in [-0.15, -0.1) is 0 Å². The molecule has 3 atom stereocenters. The van der Waals surface area contributed by atoms with Crippen LogP contribution < -0.4 is 15.4 Å². The van der Waals surface area contributed by atoms with Crippen molar-refractivity contribution < 1.29 is 48.3 Å². The van der Waals surface area contributed by atoms with Crippen molar-refractivity contribution in [2.75, 3.05) is 71.3 Å². The summed E-state index contributed by atoms with van der Waals surface area (Å²) in [5.74, 6) is -0.463. The maximum absolute atomic E-state index is 13.5. The number of carboxylic acids is 1. The number of fused-ring (bicyclic) bond motifs is 1. The Morgan fingerprint density at radius 3 is 2.00 bits per heavy atom. The molecule has 1 amide bonds. The molecule has 0 spiro atoms. The van der Waals surface area contributed by atoms with Crippen molar-refractivity contribution in [3.8, 4) is 16.9 Å². The van der Waals surface area contributed by atoms with Crippen molar-refractivity contribution >= 4 is 34.3 Å². The van der Waals surface area contributed by atoms with Crippen LogP contribution in [0, 0.1) is 12.8 Å². The smallest absolute Gasteiger partial charge is 0.303 e. The first kappa shape index (κ1) is 47.8. The number of aliphatic hydroxyl groups excluding tert-OH is 1. The summed E-state index contributed by atoms with van der Waals surface area (Å²) in [6.45, 7) is 12.8. The zero-order chi connectivity index (χ0) is 43.1. The largest absolute Gasteiger partial charge is 0.491 e. The fraction of sp³-hybridized carbons (Fsp3) is 0.489. The summed E-state index contributed by atoms with van der Waals surface area (Å²) in [6.07, 6.45) is 1.75. The molecule has 0 aliphatic carbocycles. The highest BCUT2D eigenvalue weighted by Crippen LogP contribution is 2.36. The number of Topliss-reactive ketones (excluding diaryl/α,β-unsaturated/α-hetero) is 1. The van der Waals surface area contributed by atoms with E-state index in [-0.39, 0.29) is 25.2 Å². The zero-order valence-corrected chi connectivity index (χ0v) is 35.5. The number of nitrogens with one attached hydrogen (secondary N) is 2. The number of carbonyl (C=O) groups excluding carboxylic acids is 2. The molecule has 60 heavy (non-hydrogen) atoms. The molecule has 0 bridgehead atoms. The van der Waals surface area contributed by atoms with Crippen LogP contribution in [0.5, 0.6) is 5.75 Å². The van der Waals surface area contributed by atoms with Gasteiger partial charge in [-0.25, -0.2) is 4.98 Å². The number of benzene rings is 3. The minimum absolute atomic E-state index is 0.134. The Labute approximate surface area is 354 Å². The van der Waals surface area contributed by atoms with Crippen LogP contribution in [-0.4, -0.2) is 111 Å². The Morgan fingerprint density at radius 1 is 0.750 bits per heavy atom. The second kappa shape index (κ2) is 26.3. The molecule has 4 rings (SSSR count). The van der Waals surface area contributed by atoms with Crippen LogP contribution in [-0.2, 0) is 33.3 Å². The van der Waals surface area contributed by atoms with Crippen LogP contribution >= 0.6 is 0 Å². The molecular weight excluding hydrogens is 767 g/mol. The molecule has 4 aromatic rings. The molecule has 0 fully saturated rings. The van der Waals surface area contributed by atoms with E-state index in [9.17, 15) is 24.6 Å². The van der Waals surface area contributed by atoms with Crippen molar-refractivity contribution in [1.29, 1.82) is 0 Å². The average Bonchev–Trinajstić information content (AvgIpc) is 3.22. The van der Waals surface area contributed by atoms with Gasteiger partial charge in [0, 0.05) is 43.5 Å². The molecule has 13 nitrogen and oxygen atoms in total. The van der Waals surface area contributed by atoms with Gasteiger partial charge in [-0.1, -0.05) is 68.4 Å². The predicted molar refractivity (Wildman–Crippen MR) is 233 cm³/mol. The van der Waals surface area contributed by atoms with Crippen molar-refractivity contribution in [3.63, 3.8) is 0 Å². The minimum Gasteiger partial charge on any atom is -0.491 e. The Hall–Kier alpha value is -4.92. The van der Waals surface area contributed by atoms with E-state index in [2.05, 4.69) is 29.5 Å². The monoisotopic (exact) mass is 829 g/mol. The van der Waals surface area contributed by atoms with Crippen molar-refractivity contribution in [1.82, 2.24) is 10.3 Å². The third-order valence-electron chi connectivity index (χ3n) is 9.83. The summed E-state index contributed by atoms with van der Waals surface area (Å²) in [5.41, 5.74) is 3.61. The van der Waals surface area contributed by atoms with Gasteiger partial charge in [0.05, 0.1) is 58.8 Å². The Bertz CT molecular complexity index is 1900. The van der Waals surface area contributed by atoms with E-state index in [4.69, 9.17) is 23.7 Å². The van der Waals surface area contributed by atoms with Crippen LogP contribution in [0.15, 0.2) is 79.0 Å². The average molecular weight is 830 g/mol. The zero-order valence-electron chi connectivity index (χ0n) is 35.5. The molecule has 1 aromatic heterocycles. The van der Waals surface area contributed by atoms with Crippen molar-refractivity contribution in [2.24, 2.45) is 5.92 Å². The van der Waals surface area contributed by atoms with Gasteiger partial charge in [0.2, 0.25) is 5.91 Å². The summed E-state index contributed by atoms with van der Waals surface area (Å²) >= 11 is 0. The standard InChI is InChI=1S/C47H63N3O10/c1-33(2)18-21-56-22-23-57-24-25-58-26-27-59-28-29-60-43-16-15-39(40-8-5-6-9-41(40)43)37-13-11-36(12-14-37)38(32-46(54)55)31-42(52)47(35(4)51)50-45(53)10-7-19-48-44-30-34(3)17-20-49-44/h5-6,8-9,11-17,20,30,33,35,38,47,51H,7,10,18-19,21-29,31-32H2,1-4H3,(H,48,49)(H,50,53)(H,54,55)/t35-,38+,47+/m1/s1. The lowest BCUT2D eigenvalue weighted by Crippen LogP contribution is -2.48. The van der Waals surface area contributed by atoms with E-state index in [1.165, 1.54) is 6.92 Å². The molecule has 0 saturated carbocycles. The summed E-state index contributed by atoms with van der Waals surface area (Å²) < 4.78 is 28.5. The third kappa shape index (κ3) is 17.0. The number of amides is 1. The number of ether oxygens (including phenoxy) is 5. The fourth-order valence-electron chi connectivity index (χ4n) is 6.58. The molecule has 0 aliphatic rings. The first-order chi connectivity index (χ1) is 29.0. The van der Waals surface area contributed by atoms with Crippen LogP contribution in [0.2, 0.25) is 0 Å². The Morgan fingerprint density at radius 2 is 1.38 bits per heavy atom. The van der Waals surface area contributed by atoms with Gasteiger partial charge in [-0.2, -0.15) is 0 Å². The highest BCUT2D eigenvalue weighted by molar-refractivity contribution is 6.00.